The van der Waals surface area contributed by atoms with Gasteiger partial charge >= 0.3 is 5.69 Å². The third kappa shape index (κ3) is 2.48. The first kappa shape index (κ1) is 16.2. The molecular weight excluding hydrogens is 306 g/mol. The van der Waals surface area contributed by atoms with Crippen molar-refractivity contribution in [3.8, 4) is 17.1 Å². The van der Waals surface area contributed by atoms with Crippen molar-refractivity contribution in [3.05, 3.63) is 45.1 Å². The van der Waals surface area contributed by atoms with E-state index in [1.54, 1.807) is 0 Å². The summed E-state index contributed by atoms with van der Waals surface area (Å²) in [6.07, 6.45) is 1.94. The molecule has 1 aromatic rings. The number of pyridine rings is 1. The predicted molar refractivity (Wildman–Crippen MR) is 93.9 cm³/mol. The minimum atomic E-state index is -0.546. The zero-order valence-corrected chi connectivity index (χ0v) is 14.2. The van der Waals surface area contributed by atoms with Gasteiger partial charge in [-0.25, -0.2) is 4.79 Å². The number of aryl methyl sites for hydroxylation is 1. The highest BCUT2D eigenvalue weighted by molar-refractivity contribution is 5.93. The van der Waals surface area contributed by atoms with Crippen LogP contribution in [0.1, 0.15) is 26.7 Å². The predicted octanol–water partition coefficient (Wildman–Crippen LogP) is 2.40. The van der Waals surface area contributed by atoms with Gasteiger partial charge in [0.1, 0.15) is 11.3 Å². The Hall–Kier alpha value is -2.63. The lowest BCUT2D eigenvalue weighted by atomic mass is 10.1. The molecule has 0 spiro atoms. The Kier molecular flexibility index (Phi) is 4.38. The van der Waals surface area contributed by atoms with E-state index < -0.39 is 5.69 Å². The first-order valence-corrected chi connectivity index (χ1v) is 8.25. The van der Waals surface area contributed by atoms with Crippen LogP contribution >= 0.6 is 0 Å². The maximum absolute atomic E-state index is 12.7. The van der Waals surface area contributed by atoms with E-state index in [2.05, 4.69) is 11.9 Å². The van der Waals surface area contributed by atoms with Gasteiger partial charge in [0.15, 0.2) is 5.82 Å². The molecular formula is C18H21N3O3. The molecule has 0 aliphatic carbocycles. The Balaban J connectivity index is 2.53. The quantitative estimate of drug-likeness (QED) is 0.675. The van der Waals surface area contributed by atoms with E-state index in [0.29, 0.717) is 30.3 Å². The molecule has 0 fully saturated rings. The maximum Gasteiger partial charge on any atom is 0.352 e. The molecule has 0 unspecified atom stereocenters. The monoisotopic (exact) mass is 327 g/mol. The number of rotatable bonds is 5. The molecule has 6 heteroatoms. The fourth-order valence-electron chi connectivity index (χ4n) is 2.95. The van der Waals surface area contributed by atoms with Crippen LogP contribution < -0.4 is 16.0 Å². The number of nitrogens with zero attached hydrogens (tertiary/aromatic N) is 3. The Labute approximate surface area is 139 Å². The van der Waals surface area contributed by atoms with E-state index in [9.17, 15) is 9.59 Å². The van der Waals surface area contributed by atoms with Gasteiger partial charge in [0.25, 0.3) is 5.56 Å². The lowest BCUT2D eigenvalue weighted by Crippen LogP contribution is -2.36. The summed E-state index contributed by atoms with van der Waals surface area (Å²) in [5.41, 5.74) is 0.371. The third-order valence-corrected chi connectivity index (χ3v) is 4.18. The van der Waals surface area contributed by atoms with E-state index in [1.807, 2.05) is 35.8 Å². The van der Waals surface area contributed by atoms with Gasteiger partial charge in [0, 0.05) is 19.0 Å². The third-order valence-electron chi connectivity index (χ3n) is 4.18. The van der Waals surface area contributed by atoms with Crippen LogP contribution in [0.4, 0.5) is 0 Å². The SMILES string of the molecule is CCCCn1c2nc(=O)n(C)c(=O)c-2c(OCC)c2ccccc21. The average molecular weight is 327 g/mol. The molecule has 126 valence electrons. The fourth-order valence-corrected chi connectivity index (χ4v) is 2.95. The summed E-state index contributed by atoms with van der Waals surface area (Å²) >= 11 is 0. The number of para-hydroxylation sites is 1. The van der Waals surface area contributed by atoms with Gasteiger partial charge in [0.2, 0.25) is 0 Å². The number of ether oxygens (including phenoxy) is 1. The van der Waals surface area contributed by atoms with Crippen molar-refractivity contribution in [2.75, 3.05) is 6.61 Å². The zero-order chi connectivity index (χ0) is 17.3. The van der Waals surface area contributed by atoms with Crippen molar-refractivity contribution in [1.82, 2.24) is 14.1 Å². The second-order valence-electron chi connectivity index (χ2n) is 5.74. The Morgan fingerprint density at radius 3 is 2.62 bits per heavy atom. The molecule has 2 aliphatic heterocycles. The lowest BCUT2D eigenvalue weighted by Gasteiger charge is -2.21. The smallest absolute Gasteiger partial charge is 0.352 e. The van der Waals surface area contributed by atoms with Crippen molar-refractivity contribution in [2.45, 2.75) is 33.2 Å². The van der Waals surface area contributed by atoms with Gasteiger partial charge in [-0.3, -0.25) is 9.36 Å². The topological polar surface area (TPSA) is 66.1 Å². The summed E-state index contributed by atoms with van der Waals surface area (Å²) in [5.74, 6) is 0.905. The summed E-state index contributed by atoms with van der Waals surface area (Å²) < 4.78 is 8.79. The molecule has 0 radical (unpaired) electrons. The molecule has 0 bridgehead atoms. The number of aromatic nitrogens is 3. The largest absolute Gasteiger partial charge is 0.492 e. The normalized spacial score (nSPS) is 11.3. The summed E-state index contributed by atoms with van der Waals surface area (Å²) in [5, 5.41) is 0.862. The van der Waals surface area contributed by atoms with Crippen LogP contribution in [0.15, 0.2) is 33.9 Å². The number of hydrogen-bond donors (Lipinski definition) is 0. The second-order valence-corrected chi connectivity index (χ2v) is 5.74. The van der Waals surface area contributed by atoms with Crippen LogP contribution in [0.5, 0.6) is 5.75 Å². The van der Waals surface area contributed by atoms with E-state index in [4.69, 9.17) is 4.74 Å². The van der Waals surface area contributed by atoms with Crippen LogP contribution in [0.2, 0.25) is 0 Å². The first-order chi connectivity index (χ1) is 11.6. The van der Waals surface area contributed by atoms with Crippen LogP contribution in [0.3, 0.4) is 0 Å². The molecule has 24 heavy (non-hydrogen) atoms. The van der Waals surface area contributed by atoms with Gasteiger partial charge in [0.05, 0.1) is 12.1 Å². The van der Waals surface area contributed by atoms with Crippen LogP contribution in [-0.4, -0.2) is 20.7 Å². The van der Waals surface area contributed by atoms with E-state index in [-0.39, 0.29) is 5.56 Å². The van der Waals surface area contributed by atoms with Crippen molar-refractivity contribution < 1.29 is 4.74 Å². The highest BCUT2D eigenvalue weighted by Crippen LogP contribution is 2.36. The van der Waals surface area contributed by atoms with Crippen molar-refractivity contribution in [3.63, 3.8) is 0 Å². The summed E-state index contributed by atoms with van der Waals surface area (Å²) in [6.45, 7) is 5.10. The maximum atomic E-state index is 12.7. The molecule has 0 aromatic heterocycles. The van der Waals surface area contributed by atoms with Crippen molar-refractivity contribution in [2.24, 2.45) is 7.05 Å². The molecule has 6 nitrogen and oxygen atoms in total. The van der Waals surface area contributed by atoms with Crippen LogP contribution in [-0.2, 0) is 13.6 Å². The minimum Gasteiger partial charge on any atom is -0.492 e. The van der Waals surface area contributed by atoms with Gasteiger partial charge in [-0.15, -0.1) is 0 Å². The van der Waals surface area contributed by atoms with Gasteiger partial charge < -0.3 is 9.30 Å². The Morgan fingerprint density at radius 1 is 1.17 bits per heavy atom. The molecule has 2 aliphatic rings. The molecule has 2 heterocycles. The van der Waals surface area contributed by atoms with Crippen molar-refractivity contribution >= 4 is 10.9 Å². The Bertz CT molecular complexity index is 972. The minimum absolute atomic E-state index is 0.369. The molecule has 3 rings (SSSR count). The van der Waals surface area contributed by atoms with Gasteiger partial charge in [-0.2, -0.15) is 4.98 Å². The number of fused-ring (bicyclic) bond motifs is 2. The average Bonchev–Trinajstić information content (AvgIpc) is 2.59. The molecule has 0 atom stereocenters. The standard InChI is InChI=1S/C18H21N3O3/c1-4-6-11-21-13-10-8-7-9-12(13)15(24-5-2)14-16(21)19-18(23)20(3)17(14)22/h7-10H,4-6,11H2,1-3H3. The summed E-state index contributed by atoms with van der Waals surface area (Å²) in [4.78, 5) is 29.0. The van der Waals surface area contributed by atoms with E-state index in [1.165, 1.54) is 7.05 Å². The second kappa shape index (κ2) is 6.47. The highest BCUT2D eigenvalue weighted by atomic mass is 16.5. The molecule has 0 saturated heterocycles. The van der Waals surface area contributed by atoms with E-state index >= 15 is 0 Å². The van der Waals surface area contributed by atoms with Gasteiger partial charge in [-0.1, -0.05) is 25.5 Å². The molecule has 0 saturated carbocycles. The summed E-state index contributed by atoms with van der Waals surface area (Å²) in [7, 11) is 1.44. The zero-order valence-electron chi connectivity index (χ0n) is 14.2. The van der Waals surface area contributed by atoms with Gasteiger partial charge in [-0.05, 0) is 25.5 Å². The van der Waals surface area contributed by atoms with E-state index in [0.717, 1.165) is 28.3 Å². The number of benzene rings is 1. The highest BCUT2D eigenvalue weighted by Gasteiger charge is 2.24. The lowest BCUT2D eigenvalue weighted by molar-refractivity contribution is 0.344. The number of hydrogen-bond acceptors (Lipinski definition) is 4. The van der Waals surface area contributed by atoms with Crippen LogP contribution in [0.25, 0.3) is 22.3 Å². The number of unbranched alkanes of at least 4 members (excludes halogenated alkanes) is 1. The fraction of sp³-hybridized carbons (Fsp3) is 0.389. The molecule has 1 aromatic carbocycles. The Morgan fingerprint density at radius 2 is 1.92 bits per heavy atom. The molecule has 0 N–H and O–H groups in total. The molecule has 0 amide bonds. The summed E-state index contributed by atoms with van der Waals surface area (Å²) in [6, 6.07) is 7.76. The van der Waals surface area contributed by atoms with Crippen LogP contribution in [0, 0.1) is 0 Å². The van der Waals surface area contributed by atoms with Crippen molar-refractivity contribution in [1.29, 1.82) is 0 Å². The first-order valence-electron chi connectivity index (χ1n) is 8.25.